The van der Waals surface area contributed by atoms with Gasteiger partial charge in [-0.15, -0.1) is 0 Å². The van der Waals surface area contributed by atoms with Gasteiger partial charge in [0.1, 0.15) is 0 Å². The summed E-state index contributed by atoms with van der Waals surface area (Å²) >= 11 is 0. The molecule has 0 amide bonds. The van der Waals surface area contributed by atoms with Crippen LogP contribution in [-0.2, 0) is 24.4 Å². The van der Waals surface area contributed by atoms with Crippen molar-refractivity contribution in [2.75, 3.05) is 19.7 Å². The molecule has 96 valence electrons. The summed E-state index contributed by atoms with van der Waals surface area (Å²) in [5, 5.41) is 4.57. The highest BCUT2D eigenvalue weighted by molar-refractivity contribution is 5.12. The molecule has 1 aromatic rings. The third kappa shape index (κ3) is 2.86. The average Bonchev–Trinajstić information content (AvgIpc) is 2.69. The summed E-state index contributed by atoms with van der Waals surface area (Å²) < 4.78 is 7.49. The molecule has 1 aliphatic heterocycles. The highest BCUT2D eigenvalue weighted by Gasteiger charge is 2.23. The summed E-state index contributed by atoms with van der Waals surface area (Å²) in [6.07, 6.45) is 0. The van der Waals surface area contributed by atoms with E-state index in [0.717, 1.165) is 31.9 Å². The van der Waals surface area contributed by atoms with Crippen molar-refractivity contribution in [3.05, 3.63) is 17.5 Å². The zero-order valence-corrected chi connectivity index (χ0v) is 10.7. The van der Waals surface area contributed by atoms with Crippen LogP contribution >= 0.6 is 0 Å². The molecule has 2 heterocycles. The monoisotopic (exact) mass is 238 g/mol. The molecule has 2 N–H and O–H groups in total. The van der Waals surface area contributed by atoms with Crippen molar-refractivity contribution < 1.29 is 4.74 Å². The van der Waals surface area contributed by atoms with Crippen LogP contribution in [0.1, 0.15) is 25.2 Å². The second-order valence-electron chi connectivity index (χ2n) is 4.55. The molecule has 1 atom stereocenters. The Bertz CT molecular complexity index is 363. The van der Waals surface area contributed by atoms with Gasteiger partial charge in [-0.3, -0.25) is 9.58 Å². The van der Waals surface area contributed by atoms with Gasteiger partial charge in [-0.1, -0.05) is 0 Å². The van der Waals surface area contributed by atoms with Gasteiger partial charge in [-0.25, -0.2) is 0 Å². The maximum Gasteiger partial charge on any atom is 0.0906 e. The smallest absolute Gasteiger partial charge is 0.0906 e. The van der Waals surface area contributed by atoms with Gasteiger partial charge in [0.2, 0.25) is 0 Å². The first-order valence-electron chi connectivity index (χ1n) is 6.32. The van der Waals surface area contributed by atoms with Crippen molar-refractivity contribution in [2.24, 2.45) is 5.73 Å². The minimum Gasteiger partial charge on any atom is -0.375 e. The minimum absolute atomic E-state index is 0.505. The largest absolute Gasteiger partial charge is 0.375 e. The van der Waals surface area contributed by atoms with Crippen LogP contribution in [0.3, 0.4) is 0 Å². The van der Waals surface area contributed by atoms with Crippen molar-refractivity contribution in [3.63, 3.8) is 0 Å². The molecule has 0 saturated carbocycles. The molecule has 17 heavy (non-hydrogen) atoms. The lowest BCUT2D eigenvalue weighted by Crippen LogP contribution is -2.43. The fraction of sp³-hybridized carbons (Fsp3) is 0.750. The molecular formula is C12H22N4O. The van der Waals surface area contributed by atoms with Crippen LogP contribution < -0.4 is 5.73 Å². The van der Waals surface area contributed by atoms with Gasteiger partial charge in [-0.2, -0.15) is 5.10 Å². The van der Waals surface area contributed by atoms with E-state index in [9.17, 15) is 0 Å². The quantitative estimate of drug-likeness (QED) is 0.815. The molecule has 1 aliphatic rings. The SMILES string of the molecule is CCOCc1cc2n(n1)C[C@H](C)N(CCN)C2. The van der Waals surface area contributed by atoms with Crippen LogP contribution in [0.25, 0.3) is 0 Å². The Morgan fingerprint density at radius 1 is 1.59 bits per heavy atom. The molecule has 0 fully saturated rings. The lowest BCUT2D eigenvalue weighted by molar-refractivity contribution is 0.129. The number of hydrogen-bond acceptors (Lipinski definition) is 4. The van der Waals surface area contributed by atoms with Gasteiger partial charge in [0.05, 0.1) is 24.5 Å². The Hall–Kier alpha value is -0.910. The van der Waals surface area contributed by atoms with E-state index in [1.807, 2.05) is 6.92 Å². The Balaban J connectivity index is 2.06. The second-order valence-corrected chi connectivity index (χ2v) is 4.55. The fourth-order valence-electron chi connectivity index (χ4n) is 2.27. The molecule has 5 nitrogen and oxygen atoms in total. The zero-order chi connectivity index (χ0) is 12.3. The van der Waals surface area contributed by atoms with Gasteiger partial charge >= 0.3 is 0 Å². The van der Waals surface area contributed by atoms with Crippen LogP contribution in [-0.4, -0.2) is 40.4 Å². The van der Waals surface area contributed by atoms with Crippen molar-refractivity contribution in [2.45, 2.75) is 39.6 Å². The maximum atomic E-state index is 5.63. The van der Waals surface area contributed by atoms with Crippen LogP contribution in [0.2, 0.25) is 0 Å². The zero-order valence-electron chi connectivity index (χ0n) is 10.7. The molecular weight excluding hydrogens is 216 g/mol. The number of ether oxygens (including phenoxy) is 1. The van der Waals surface area contributed by atoms with Crippen molar-refractivity contribution in [1.82, 2.24) is 14.7 Å². The Kier molecular flexibility index (Phi) is 4.15. The number of rotatable bonds is 5. The summed E-state index contributed by atoms with van der Waals surface area (Å²) in [6.45, 7) is 9.12. The molecule has 0 saturated heterocycles. The van der Waals surface area contributed by atoms with E-state index < -0.39 is 0 Å². The van der Waals surface area contributed by atoms with E-state index in [-0.39, 0.29) is 0 Å². The second kappa shape index (κ2) is 5.62. The Morgan fingerprint density at radius 2 is 2.41 bits per heavy atom. The summed E-state index contributed by atoms with van der Waals surface area (Å²) in [7, 11) is 0. The van der Waals surface area contributed by atoms with Crippen LogP contribution in [0.15, 0.2) is 6.07 Å². The summed E-state index contributed by atoms with van der Waals surface area (Å²) in [6, 6.07) is 2.65. The average molecular weight is 238 g/mol. The summed E-state index contributed by atoms with van der Waals surface area (Å²) in [5.74, 6) is 0. The van der Waals surface area contributed by atoms with E-state index >= 15 is 0 Å². The lowest BCUT2D eigenvalue weighted by atomic mass is 10.2. The van der Waals surface area contributed by atoms with Gasteiger partial charge in [0.15, 0.2) is 0 Å². The van der Waals surface area contributed by atoms with Gasteiger partial charge < -0.3 is 10.5 Å². The summed E-state index contributed by atoms with van der Waals surface area (Å²) in [4.78, 5) is 2.40. The van der Waals surface area contributed by atoms with Gasteiger partial charge in [0.25, 0.3) is 0 Å². The lowest BCUT2D eigenvalue weighted by Gasteiger charge is -2.33. The Labute approximate surface area is 103 Å². The molecule has 2 rings (SSSR count). The molecule has 0 aliphatic carbocycles. The number of nitrogens with zero attached hydrogens (tertiary/aromatic N) is 3. The van der Waals surface area contributed by atoms with E-state index in [0.29, 0.717) is 19.2 Å². The van der Waals surface area contributed by atoms with Crippen LogP contribution in [0.4, 0.5) is 0 Å². The molecule has 0 unspecified atom stereocenters. The molecule has 0 radical (unpaired) electrons. The number of aromatic nitrogens is 2. The summed E-state index contributed by atoms with van der Waals surface area (Å²) in [5.41, 5.74) is 7.93. The van der Waals surface area contributed by atoms with Crippen LogP contribution in [0.5, 0.6) is 0 Å². The molecule has 0 aromatic carbocycles. The molecule has 0 bridgehead atoms. The van der Waals surface area contributed by atoms with E-state index in [1.54, 1.807) is 0 Å². The first-order valence-corrected chi connectivity index (χ1v) is 6.32. The third-order valence-electron chi connectivity index (χ3n) is 3.21. The molecule has 1 aromatic heterocycles. The van der Waals surface area contributed by atoms with Gasteiger partial charge in [0, 0.05) is 32.3 Å². The minimum atomic E-state index is 0.505. The molecule has 0 spiro atoms. The maximum absolute atomic E-state index is 5.63. The number of hydrogen-bond donors (Lipinski definition) is 1. The molecule has 5 heteroatoms. The highest BCUT2D eigenvalue weighted by atomic mass is 16.5. The topological polar surface area (TPSA) is 56.3 Å². The van der Waals surface area contributed by atoms with E-state index in [4.69, 9.17) is 10.5 Å². The standard InChI is InChI=1S/C12H22N4O/c1-3-17-9-11-6-12-8-15(5-4-13)10(2)7-16(12)14-11/h6,10H,3-5,7-9,13H2,1-2H3/t10-/m0/s1. The van der Waals surface area contributed by atoms with E-state index in [2.05, 4.69) is 27.7 Å². The Morgan fingerprint density at radius 3 is 3.12 bits per heavy atom. The van der Waals surface area contributed by atoms with Crippen molar-refractivity contribution >= 4 is 0 Å². The predicted octanol–water partition coefficient (Wildman–Crippen LogP) is 0.582. The number of nitrogens with two attached hydrogens (primary N) is 1. The normalized spacial score (nSPS) is 20.5. The third-order valence-corrected chi connectivity index (χ3v) is 3.21. The van der Waals surface area contributed by atoms with E-state index in [1.165, 1.54) is 5.69 Å². The first kappa shape index (κ1) is 12.5. The number of fused-ring (bicyclic) bond motifs is 1. The fourth-order valence-corrected chi connectivity index (χ4v) is 2.27. The van der Waals surface area contributed by atoms with Crippen molar-refractivity contribution in [1.29, 1.82) is 0 Å². The van der Waals surface area contributed by atoms with Crippen molar-refractivity contribution in [3.8, 4) is 0 Å². The highest BCUT2D eigenvalue weighted by Crippen LogP contribution is 2.18. The van der Waals surface area contributed by atoms with Gasteiger partial charge in [-0.05, 0) is 19.9 Å². The first-order chi connectivity index (χ1) is 8.24. The predicted molar refractivity (Wildman–Crippen MR) is 66.5 cm³/mol. The van der Waals surface area contributed by atoms with Crippen LogP contribution in [0, 0.1) is 0 Å².